The van der Waals surface area contributed by atoms with Gasteiger partial charge >= 0.3 is 0 Å². The number of nitrogens with zero attached hydrogens (tertiary/aromatic N) is 1. The maximum Gasteiger partial charge on any atom is 0.251 e. The van der Waals surface area contributed by atoms with Crippen molar-refractivity contribution in [2.75, 3.05) is 25.5 Å². The minimum Gasteiger partial charge on any atom is -0.378 e. The van der Waals surface area contributed by atoms with Crippen molar-refractivity contribution in [1.82, 2.24) is 5.32 Å². The Morgan fingerprint density at radius 1 is 1.30 bits per heavy atom. The van der Waals surface area contributed by atoms with Gasteiger partial charge in [0, 0.05) is 37.9 Å². The summed E-state index contributed by atoms with van der Waals surface area (Å²) >= 11 is 0. The molecule has 4 nitrogen and oxygen atoms in total. The second-order valence-corrected chi connectivity index (χ2v) is 5.40. The van der Waals surface area contributed by atoms with Crippen LogP contribution in [0, 0.1) is 5.92 Å². The third-order valence-corrected chi connectivity index (χ3v) is 3.78. The van der Waals surface area contributed by atoms with Crippen LogP contribution in [-0.4, -0.2) is 32.6 Å². The van der Waals surface area contributed by atoms with E-state index in [1.54, 1.807) is 0 Å². The molecule has 0 saturated carbocycles. The maximum absolute atomic E-state index is 12.1. The third kappa shape index (κ3) is 4.53. The number of hydrogen-bond acceptors (Lipinski definition) is 3. The van der Waals surface area contributed by atoms with Crippen LogP contribution >= 0.6 is 0 Å². The van der Waals surface area contributed by atoms with Gasteiger partial charge in [-0.05, 0) is 24.1 Å². The molecule has 1 atom stereocenters. The average Bonchev–Trinajstić information content (AvgIpc) is 2.46. The second kappa shape index (κ2) is 7.90. The van der Waals surface area contributed by atoms with Crippen LogP contribution in [0.2, 0.25) is 0 Å². The number of amides is 1. The first kappa shape index (κ1) is 16.5. The Balaban J connectivity index is 2.61. The van der Waals surface area contributed by atoms with Gasteiger partial charge in [-0.15, -0.1) is 0 Å². The highest BCUT2D eigenvalue weighted by Crippen LogP contribution is 2.14. The van der Waals surface area contributed by atoms with Gasteiger partial charge in [0.15, 0.2) is 0 Å². The van der Waals surface area contributed by atoms with Crippen LogP contribution in [-0.2, 0) is 0 Å². The monoisotopic (exact) mass is 277 g/mol. The van der Waals surface area contributed by atoms with Gasteiger partial charge in [-0.2, -0.15) is 0 Å². The zero-order chi connectivity index (χ0) is 15.1. The Morgan fingerprint density at radius 3 is 2.50 bits per heavy atom. The van der Waals surface area contributed by atoms with Gasteiger partial charge in [0.05, 0.1) is 0 Å². The lowest BCUT2D eigenvalue weighted by molar-refractivity contribution is 0.0948. The van der Waals surface area contributed by atoms with Crippen LogP contribution in [0.15, 0.2) is 24.3 Å². The predicted octanol–water partition coefficient (Wildman–Crippen LogP) is 2.25. The highest BCUT2D eigenvalue weighted by Gasteiger charge is 2.15. The van der Waals surface area contributed by atoms with Gasteiger partial charge in [-0.25, -0.2) is 0 Å². The highest BCUT2D eigenvalue weighted by molar-refractivity contribution is 5.95. The highest BCUT2D eigenvalue weighted by atomic mass is 16.1. The van der Waals surface area contributed by atoms with Gasteiger partial charge in [-0.3, -0.25) is 4.79 Å². The number of anilines is 1. The molecule has 1 unspecified atom stereocenters. The smallest absolute Gasteiger partial charge is 0.251 e. The molecule has 0 aliphatic rings. The summed E-state index contributed by atoms with van der Waals surface area (Å²) in [6.45, 7) is 4.80. The Morgan fingerprint density at radius 2 is 1.95 bits per heavy atom. The fraction of sp³-hybridized carbons (Fsp3) is 0.562. The molecule has 112 valence electrons. The molecule has 0 aliphatic heterocycles. The van der Waals surface area contributed by atoms with Crippen molar-refractivity contribution in [1.29, 1.82) is 0 Å². The first-order valence-electron chi connectivity index (χ1n) is 7.30. The fourth-order valence-electron chi connectivity index (χ4n) is 2.30. The maximum atomic E-state index is 12.1. The van der Waals surface area contributed by atoms with Crippen LogP contribution in [0.25, 0.3) is 0 Å². The van der Waals surface area contributed by atoms with Crippen molar-refractivity contribution in [3.8, 4) is 0 Å². The van der Waals surface area contributed by atoms with Crippen molar-refractivity contribution in [2.24, 2.45) is 11.7 Å². The molecule has 1 aromatic rings. The lowest BCUT2D eigenvalue weighted by Gasteiger charge is -2.21. The molecule has 20 heavy (non-hydrogen) atoms. The minimum absolute atomic E-state index is 0.0194. The molecule has 1 amide bonds. The fourth-order valence-corrected chi connectivity index (χ4v) is 2.30. The normalized spacial score (nSPS) is 12.3. The summed E-state index contributed by atoms with van der Waals surface area (Å²) < 4.78 is 0. The summed E-state index contributed by atoms with van der Waals surface area (Å²) in [6, 6.07) is 7.60. The van der Waals surface area contributed by atoms with E-state index >= 15 is 0 Å². The summed E-state index contributed by atoms with van der Waals surface area (Å²) in [4.78, 5) is 14.1. The quantitative estimate of drug-likeness (QED) is 0.803. The van der Waals surface area contributed by atoms with Gasteiger partial charge in [0.2, 0.25) is 0 Å². The zero-order valence-corrected chi connectivity index (χ0v) is 13.0. The molecule has 0 aromatic heterocycles. The Kier molecular flexibility index (Phi) is 6.52. The molecule has 0 spiro atoms. The number of nitrogens with one attached hydrogen (secondary N) is 1. The van der Waals surface area contributed by atoms with E-state index in [4.69, 9.17) is 5.73 Å². The van der Waals surface area contributed by atoms with Gasteiger partial charge in [0.25, 0.3) is 5.91 Å². The summed E-state index contributed by atoms with van der Waals surface area (Å²) in [6.07, 6.45) is 2.09. The summed E-state index contributed by atoms with van der Waals surface area (Å²) in [5.74, 6) is 0.401. The van der Waals surface area contributed by atoms with Crippen molar-refractivity contribution < 1.29 is 4.79 Å². The average molecular weight is 277 g/mol. The van der Waals surface area contributed by atoms with E-state index in [-0.39, 0.29) is 11.9 Å². The SMILES string of the molecule is CCC(CC)C(N)CNC(=O)c1cccc(N(C)C)c1. The van der Waals surface area contributed by atoms with Crippen molar-refractivity contribution in [3.05, 3.63) is 29.8 Å². The minimum atomic E-state index is -0.0601. The number of hydrogen-bond donors (Lipinski definition) is 2. The standard InChI is InChI=1S/C16H27N3O/c1-5-12(6-2)15(17)11-18-16(20)13-8-7-9-14(10-13)19(3)4/h7-10,12,15H,5-6,11,17H2,1-4H3,(H,18,20). The summed E-state index contributed by atoms with van der Waals surface area (Å²) in [5, 5.41) is 2.93. The van der Waals surface area contributed by atoms with E-state index < -0.39 is 0 Å². The molecule has 1 rings (SSSR count). The topological polar surface area (TPSA) is 58.4 Å². The van der Waals surface area contributed by atoms with E-state index in [1.165, 1.54) is 0 Å². The molecule has 3 N–H and O–H groups in total. The Bertz CT molecular complexity index is 427. The zero-order valence-electron chi connectivity index (χ0n) is 13.0. The number of rotatable bonds is 7. The molecule has 0 saturated heterocycles. The lowest BCUT2D eigenvalue weighted by Crippen LogP contribution is -2.41. The number of carbonyl (C=O) groups is 1. The first-order chi connectivity index (χ1) is 9.49. The number of benzene rings is 1. The van der Waals surface area contributed by atoms with E-state index in [9.17, 15) is 4.79 Å². The number of nitrogens with two attached hydrogens (primary N) is 1. The third-order valence-electron chi connectivity index (χ3n) is 3.78. The molecule has 1 aromatic carbocycles. The van der Waals surface area contributed by atoms with Crippen LogP contribution in [0.4, 0.5) is 5.69 Å². The predicted molar refractivity (Wildman–Crippen MR) is 85.1 cm³/mol. The molecule has 0 radical (unpaired) electrons. The van der Waals surface area contributed by atoms with Gasteiger partial charge in [0.1, 0.15) is 0 Å². The second-order valence-electron chi connectivity index (χ2n) is 5.40. The van der Waals surface area contributed by atoms with Gasteiger partial charge in [-0.1, -0.05) is 32.8 Å². The van der Waals surface area contributed by atoms with Crippen LogP contribution < -0.4 is 16.0 Å². The van der Waals surface area contributed by atoms with Crippen LogP contribution in [0.1, 0.15) is 37.0 Å². The first-order valence-corrected chi connectivity index (χ1v) is 7.30. The van der Waals surface area contributed by atoms with Crippen molar-refractivity contribution >= 4 is 11.6 Å². The summed E-state index contributed by atoms with van der Waals surface area (Å²) in [5.41, 5.74) is 7.81. The van der Waals surface area contributed by atoms with Gasteiger partial charge < -0.3 is 16.0 Å². The van der Waals surface area contributed by atoms with Crippen molar-refractivity contribution in [3.63, 3.8) is 0 Å². The van der Waals surface area contributed by atoms with E-state index in [1.807, 2.05) is 43.3 Å². The molecule has 0 fully saturated rings. The largest absolute Gasteiger partial charge is 0.378 e. The Labute approximate surface area is 122 Å². The van der Waals surface area contributed by atoms with Crippen LogP contribution in [0.5, 0.6) is 0 Å². The molecular formula is C16H27N3O. The van der Waals surface area contributed by atoms with Crippen LogP contribution in [0.3, 0.4) is 0 Å². The van der Waals surface area contributed by atoms with E-state index in [0.29, 0.717) is 18.0 Å². The molecule has 0 aliphatic carbocycles. The van der Waals surface area contributed by atoms with E-state index in [0.717, 1.165) is 18.5 Å². The Hall–Kier alpha value is -1.55. The van der Waals surface area contributed by atoms with Crippen molar-refractivity contribution in [2.45, 2.75) is 32.7 Å². The molecular weight excluding hydrogens is 250 g/mol. The molecule has 4 heteroatoms. The molecule has 0 heterocycles. The number of carbonyl (C=O) groups excluding carboxylic acids is 1. The summed E-state index contributed by atoms with van der Waals surface area (Å²) in [7, 11) is 3.92. The van der Waals surface area contributed by atoms with E-state index in [2.05, 4.69) is 19.2 Å². The lowest BCUT2D eigenvalue weighted by atomic mass is 9.95. The molecule has 0 bridgehead atoms.